The maximum atomic E-state index is 5.17. The van der Waals surface area contributed by atoms with E-state index in [-0.39, 0.29) is 0 Å². The van der Waals surface area contributed by atoms with Crippen molar-refractivity contribution in [3.05, 3.63) is 224 Å². The van der Waals surface area contributed by atoms with Crippen LogP contribution in [0.4, 0.5) is 11.4 Å². The van der Waals surface area contributed by atoms with Gasteiger partial charge in [0.05, 0.1) is 40.2 Å². The van der Waals surface area contributed by atoms with Crippen molar-refractivity contribution >= 4 is 54.9 Å². The van der Waals surface area contributed by atoms with Crippen LogP contribution < -0.4 is 4.90 Å². The second-order valence-corrected chi connectivity index (χ2v) is 16.4. The SMILES string of the molecule is c1ccc(-c2nc(-c3ccccc3)nc(-c3ccc(-n4c5c(c6ccccc64)CN(c4ccccc4)c4cc6c(cc4-5)c4ccccc4n6-c4ccccc4)c4ccccc34)n2)cc1. The van der Waals surface area contributed by atoms with Crippen LogP contribution in [0.5, 0.6) is 0 Å². The zero-order chi connectivity index (χ0) is 42.1. The number of rotatable bonds is 6. The van der Waals surface area contributed by atoms with Crippen molar-refractivity contribution in [3.63, 3.8) is 0 Å². The Bertz CT molecular complexity index is 3690. The van der Waals surface area contributed by atoms with Crippen molar-refractivity contribution in [2.45, 2.75) is 6.54 Å². The van der Waals surface area contributed by atoms with Crippen LogP contribution in [0.3, 0.4) is 0 Å². The maximum Gasteiger partial charge on any atom is 0.164 e. The largest absolute Gasteiger partial charge is 0.336 e. The summed E-state index contributed by atoms with van der Waals surface area (Å²) in [7, 11) is 0. The van der Waals surface area contributed by atoms with Crippen LogP contribution in [0.15, 0.2) is 218 Å². The van der Waals surface area contributed by atoms with Gasteiger partial charge in [-0.05, 0) is 66.0 Å². The summed E-state index contributed by atoms with van der Waals surface area (Å²) < 4.78 is 4.93. The smallest absolute Gasteiger partial charge is 0.164 e. The van der Waals surface area contributed by atoms with Gasteiger partial charge in [0.15, 0.2) is 17.5 Å². The number of anilines is 2. The Labute approximate surface area is 369 Å². The lowest BCUT2D eigenvalue weighted by Crippen LogP contribution is -2.22. The number of fused-ring (bicyclic) bond motifs is 9. The Hall–Kier alpha value is -8.61. The number of aromatic nitrogens is 5. The van der Waals surface area contributed by atoms with Gasteiger partial charge in [-0.25, -0.2) is 15.0 Å². The zero-order valence-electron chi connectivity index (χ0n) is 34.7. The summed E-state index contributed by atoms with van der Waals surface area (Å²) in [6, 6.07) is 77.6. The van der Waals surface area contributed by atoms with Gasteiger partial charge in [0.1, 0.15) is 0 Å². The van der Waals surface area contributed by atoms with Gasteiger partial charge < -0.3 is 14.0 Å². The Morgan fingerprint density at radius 3 is 1.50 bits per heavy atom. The number of para-hydroxylation sites is 4. The Morgan fingerprint density at radius 1 is 0.328 bits per heavy atom. The minimum Gasteiger partial charge on any atom is -0.336 e. The fraction of sp³-hybridized carbons (Fsp3) is 0.0172. The average Bonchev–Trinajstić information content (AvgIpc) is 3.88. The standard InChI is InChI=1S/C58H38N6/c1-5-19-38(20-6-1)56-59-57(39-21-7-2-8-22-39)61-58(60-56)46-33-34-52(43-28-14-13-27-42(43)46)64-51-32-18-16-30-45(51)49-37-62(40-23-9-3-10-24-40)53-36-54-47(35-48(53)55(49)64)44-29-15-17-31-50(44)63(54)41-25-11-4-12-26-41/h1-36H,37H2. The van der Waals surface area contributed by atoms with E-state index in [1.807, 2.05) is 36.4 Å². The normalized spacial score (nSPS) is 12.3. The molecule has 0 aliphatic carbocycles. The van der Waals surface area contributed by atoms with E-state index in [1.54, 1.807) is 0 Å². The van der Waals surface area contributed by atoms with Gasteiger partial charge in [0.25, 0.3) is 0 Å². The molecule has 1 aliphatic heterocycles. The van der Waals surface area contributed by atoms with Gasteiger partial charge in [0.2, 0.25) is 0 Å². The van der Waals surface area contributed by atoms with Gasteiger partial charge in [-0.15, -0.1) is 0 Å². The highest BCUT2D eigenvalue weighted by Gasteiger charge is 2.32. The summed E-state index contributed by atoms with van der Waals surface area (Å²) >= 11 is 0. The summed E-state index contributed by atoms with van der Waals surface area (Å²) in [4.78, 5) is 17.8. The highest BCUT2D eigenvalue weighted by Crippen LogP contribution is 2.51. The van der Waals surface area contributed by atoms with Crippen molar-refractivity contribution in [2.75, 3.05) is 4.90 Å². The minimum absolute atomic E-state index is 0.635. The van der Waals surface area contributed by atoms with E-state index < -0.39 is 0 Å². The van der Waals surface area contributed by atoms with E-state index >= 15 is 0 Å². The van der Waals surface area contributed by atoms with Gasteiger partial charge in [-0.3, -0.25) is 0 Å². The van der Waals surface area contributed by atoms with E-state index in [2.05, 4.69) is 196 Å². The summed E-state index contributed by atoms with van der Waals surface area (Å²) in [6.45, 7) is 0.711. The second kappa shape index (κ2) is 14.5. The van der Waals surface area contributed by atoms with Crippen LogP contribution in [-0.4, -0.2) is 24.1 Å². The summed E-state index contributed by atoms with van der Waals surface area (Å²) in [5.41, 5.74) is 14.6. The lowest BCUT2D eigenvalue weighted by Gasteiger charge is -2.33. The first-order valence-electron chi connectivity index (χ1n) is 21.7. The molecule has 0 N–H and O–H groups in total. The molecule has 3 aromatic heterocycles. The molecule has 0 fully saturated rings. The molecule has 300 valence electrons. The molecule has 4 heterocycles. The number of hydrogen-bond acceptors (Lipinski definition) is 4. The molecule has 13 rings (SSSR count). The predicted molar refractivity (Wildman–Crippen MR) is 263 cm³/mol. The molecular formula is C58H38N6. The topological polar surface area (TPSA) is 51.8 Å². The summed E-state index contributed by atoms with van der Waals surface area (Å²) in [5.74, 6) is 1.92. The molecule has 6 nitrogen and oxygen atoms in total. The van der Waals surface area contributed by atoms with Crippen LogP contribution in [-0.2, 0) is 6.54 Å². The Morgan fingerprint density at radius 2 is 0.844 bits per heavy atom. The zero-order valence-corrected chi connectivity index (χ0v) is 34.7. The fourth-order valence-corrected chi connectivity index (χ4v) is 9.96. The maximum absolute atomic E-state index is 5.17. The first kappa shape index (κ1) is 36.1. The van der Waals surface area contributed by atoms with Crippen molar-refractivity contribution in [1.29, 1.82) is 0 Å². The lowest BCUT2D eigenvalue weighted by atomic mass is 9.95. The van der Waals surface area contributed by atoms with Crippen molar-refractivity contribution in [1.82, 2.24) is 24.1 Å². The minimum atomic E-state index is 0.635. The molecule has 0 spiro atoms. The van der Waals surface area contributed by atoms with Crippen molar-refractivity contribution in [3.8, 4) is 56.8 Å². The van der Waals surface area contributed by atoms with Gasteiger partial charge in [-0.2, -0.15) is 0 Å². The highest BCUT2D eigenvalue weighted by molar-refractivity contribution is 6.14. The van der Waals surface area contributed by atoms with Crippen LogP contribution in [0.1, 0.15) is 5.56 Å². The molecule has 6 heteroatoms. The average molecular weight is 819 g/mol. The molecule has 0 saturated heterocycles. The van der Waals surface area contributed by atoms with Crippen LogP contribution in [0.2, 0.25) is 0 Å². The quantitative estimate of drug-likeness (QED) is 0.168. The Kier molecular flexibility index (Phi) is 8.18. The van der Waals surface area contributed by atoms with Gasteiger partial charge in [-0.1, -0.05) is 158 Å². The second-order valence-electron chi connectivity index (χ2n) is 16.4. The highest BCUT2D eigenvalue weighted by atomic mass is 15.2. The van der Waals surface area contributed by atoms with Crippen LogP contribution in [0, 0.1) is 0 Å². The fourth-order valence-electron chi connectivity index (χ4n) is 9.96. The molecular weight excluding hydrogens is 781 g/mol. The van der Waals surface area contributed by atoms with E-state index in [9.17, 15) is 0 Å². The third kappa shape index (κ3) is 5.63. The first-order chi connectivity index (χ1) is 31.8. The van der Waals surface area contributed by atoms with Crippen molar-refractivity contribution in [2.24, 2.45) is 0 Å². The molecule has 0 saturated carbocycles. The van der Waals surface area contributed by atoms with Gasteiger partial charge >= 0.3 is 0 Å². The predicted octanol–water partition coefficient (Wildman–Crippen LogP) is 14.4. The molecule has 0 bridgehead atoms. The number of hydrogen-bond donors (Lipinski definition) is 0. The van der Waals surface area contributed by atoms with Crippen LogP contribution in [0.25, 0.3) is 100 Å². The van der Waals surface area contributed by atoms with E-state index in [4.69, 9.17) is 15.0 Å². The van der Waals surface area contributed by atoms with Crippen LogP contribution >= 0.6 is 0 Å². The van der Waals surface area contributed by atoms with E-state index in [1.165, 1.54) is 49.7 Å². The number of benzene rings is 9. The third-order valence-corrected chi connectivity index (χ3v) is 12.8. The molecule has 1 aliphatic rings. The number of nitrogens with zero attached hydrogens (tertiary/aromatic N) is 6. The molecule has 64 heavy (non-hydrogen) atoms. The first-order valence-corrected chi connectivity index (χ1v) is 21.7. The third-order valence-electron chi connectivity index (χ3n) is 12.8. The Balaban J connectivity index is 1.08. The van der Waals surface area contributed by atoms with Gasteiger partial charge in [0, 0.05) is 60.7 Å². The molecule has 0 amide bonds. The van der Waals surface area contributed by atoms with E-state index in [0.717, 1.165) is 50.0 Å². The molecule has 0 unspecified atom stereocenters. The van der Waals surface area contributed by atoms with Crippen molar-refractivity contribution < 1.29 is 0 Å². The lowest BCUT2D eigenvalue weighted by molar-refractivity contribution is 0.956. The molecule has 0 atom stereocenters. The molecule has 9 aromatic carbocycles. The van der Waals surface area contributed by atoms with E-state index in [0.29, 0.717) is 24.0 Å². The molecule has 12 aromatic rings. The monoisotopic (exact) mass is 818 g/mol. The molecule has 0 radical (unpaired) electrons. The summed E-state index contributed by atoms with van der Waals surface area (Å²) in [5, 5.41) is 5.86. The summed E-state index contributed by atoms with van der Waals surface area (Å²) in [6.07, 6.45) is 0.